The molecule has 0 heterocycles. The Hall–Kier alpha value is 0.210. The number of hydrogen-bond acceptors (Lipinski definition) is 2. The zero-order valence-corrected chi connectivity index (χ0v) is 6.99. The van der Waals surface area contributed by atoms with Gasteiger partial charge in [-0.25, -0.2) is 0 Å². The first-order chi connectivity index (χ1) is 4.43. The first kappa shape index (κ1) is 10.2. The van der Waals surface area contributed by atoms with Gasteiger partial charge in [-0.15, -0.1) is 12.4 Å². The van der Waals surface area contributed by atoms with Crippen LogP contribution in [0.3, 0.4) is 0 Å². The van der Waals surface area contributed by atoms with Crippen LogP contribution in [0.1, 0.15) is 32.1 Å². The van der Waals surface area contributed by atoms with Gasteiger partial charge in [0, 0.05) is 6.04 Å². The van der Waals surface area contributed by atoms with Gasteiger partial charge in [0.15, 0.2) is 0 Å². The van der Waals surface area contributed by atoms with Crippen molar-refractivity contribution < 1.29 is 5.11 Å². The summed E-state index contributed by atoms with van der Waals surface area (Å²) in [4.78, 5) is 0. The molecular weight excluding hydrogens is 150 g/mol. The number of halogens is 1. The molecule has 0 aliphatic heterocycles. The van der Waals surface area contributed by atoms with Crippen LogP contribution in [-0.4, -0.2) is 17.9 Å². The summed E-state index contributed by atoms with van der Waals surface area (Å²) in [6.45, 7) is 0.144. The smallest absolute Gasteiger partial charge is 0.0933 e. The Bertz CT molecular complexity index is 71.3. The van der Waals surface area contributed by atoms with Crippen molar-refractivity contribution >= 4 is 12.4 Å². The molecule has 1 rings (SSSR count). The van der Waals surface area contributed by atoms with Gasteiger partial charge >= 0.3 is 0 Å². The first-order valence-electron chi connectivity index (χ1n) is 3.77. The predicted molar refractivity (Wildman–Crippen MR) is 44.3 cm³/mol. The van der Waals surface area contributed by atoms with Gasteiger partial charge < -0.3 is 5.11 Å². The van der Waals surface area contributed by atoms with Crippen LogP contribution < -0.4 is 5.32 Å². The molecular formula is C7H16ClNO. The molecule has 0 aromatic heterocycles. The van der Waals surface area contributed by atoms with Crippen molar-refractivity contribution in [2.24, 2.45) is 0 Å². The molecule has 3 heteroatoms. The summed E-state index contributed by atoms with van der Waals surface area (Å²) in [5, 5.41) is 11.5. The minimum Gasteiger partial charge on any atom is -0.381 e. The van der Waals surface area contributed by atoms with E-state index in [0.29, 0.717) is 6.04 Å². The Labute approximate surface area is 68.4 Å². The highest BCUT2D eigenvalue weighted by Gasteiger charge is 2.10. The zero-order valence-electron chi connectivity index (χ0n) is 6.18. The van der Waals surface area contributed by atoms with E-state index in [1.807, 2.05) is 0 Å². The first-order valence-corrected chi connectivity index (χ1v) is 3.77. The molecule has 0 aromatic carbocycles. The van der Waals surface area contributed by atoms with Gasteiger partial charge in [0.2, 0.25) is 0 Å². The number of hydrogen-bond donors (Lipinski definition) is 2. The van der Waals surface area contributed by atoms with Crippen LogP contribution >= 0.6 is 12.4 Å². The van der Waals surface area contributed by atoms with E-state index in [1.54, 1.807) is 0 Å². The fourth-order valence-corrected chi connectivity index (χ4v) is 1.44. The van der Waals surface area contributed by atoms with Gasteiger partial charge in [-0.05, 0) is 12.8 Å². The summed E-state index contributed by atoms with van der Waals surface area (Å²) in [6, 6.07) is 0.601. The van der Waals surface area contributed by atoms with Crippen LogP contribution in [0.15, 0.2) is 0 Å². The molecule has 2 N–H and O–H groups in total. The number of rotatable bonds is 2. The van der Waals surface area contributed by atoms with Gasteiger partial charge in [0.1, 0.15) is 0 Å². The molecule has 0 bridgehead atoms. The van der Waals surface area contributed by atoms with Crippen molar-refractivity contribution in [1.82, 2.24) is 5.32 Å². The maximum absolute atomic E-state index is 8.51. The largest absolute Gasteiger partial charge is 0.381 e. The fraction of sp³-hybridized carbons (Fsp3) is 1.00. The molecule has 1 aliphatic carbocycles. The Morgan fingerprint density at radius 2 is 1.80 bits per heavy atom. The topological polar surface area (TPSA) is 32.3 Å². The van der Waals surface area contributed by atoms with Crippen molar-refractivity contribution in [3.8, 4) is 0 Å². The standard InChI is InChI=1S/C7H15NO.ClH/c9-6-8-7-4-2-1-3-5-7;/h7-9H,1-6H2;1H. The Morgan fingerprint density at radius 1 is 1.20 bits per heavy atom. The third kappa shape index (κ3) is 3.40. The van der Waals surface area contributed by atoms with Gasteiger partial charge in [0.05, 0.1) is 6.73 Å². The van der Waals surface area contributed by atoms with E-state index in [1.165, 1.54) is 32.1 Å². The number of aliphatic hydroxyl groups is 1. The Kier molecular flexibility index (Phi) is 6.08. The molecule has 0 saturated heterocycles. The van der Waals surface area contributed by atoms with Gasteiger partial charge in [-0.3, -0.25) is 5.32 Å². The number of aliphatic hydroxyl groups excluding tert-OH is 1. The molecule has 0 radical (unpaired) electrons. The van der Waals surface area contributed by atoms with E-state index in [4.69, 9.17) is 5.11 Å². The quantitative estimate of drug-likeness (QED) is 0.605. The normalized spacial score (nSPS) is 20.1. The molecule has 0 atom stereocenters. The van der Waals surface area contributed by atoms with Crippen molar-refractivity contribution in [3.05, 3.63) is 0 Å². The van der Waals surface area contributed by atoms with Crippen LogP contribution in [0.2, 0.25) is 0 Å². The molecule has 0 aromatic rings. The summed E-state index contributed by atoms with van der Waals surface area (Å²) in [5.74, 6) is 0. The average Bonchev–Trinajstić information content (AvgIpc) is 1.91. The second-order valence-corrected chi connectivity index (χ2v) is 2.70. The molecule has 0 unspecified atom stereocenters. The molecule has 0 amide bonds. The molecule has 2 nitrogen and oxygen atoms in total. The zero-order chi connectivity index (χ0) is 6.53. The second kappa shape index (κ2) is 5.96. The molecule has 1 saturated carbocycles. The van der Waals surface area contributed by atoms with Crippen molar-refractivity contribution in [2.75, 3.05) is 6.73 Å². The van der Waals surface area contributed by atoms with Gasteiger partial charge in [0.25, 0.3) is 0 Å². The Morgan fingerprint density at radius 3 is 2.30 bits per heavy atom. The van der Waals surface area contributed by atoms with Crippen molar-refractivity contribution in [1.29, 1.82) is 0 Å². The third-order valence-corrected chi connectivity index (χ3v) is 1.99. The van der Waals surface area contributed by atoms with E-state index in [-0.39, 0.29) is 19.1 Å². The van der Waals surface area contributed by atoms with E-state index in [0.717, 1.165) is 0 Å². The summed E-state index contributed by atoms with van der Waals surface area (Å²) < 4.78 is 0. The highest BCUT2D eigenvalue weighted by molar-refractivity contribution is 5.85. The van der Waals surface area contributed by atoms with Gasteiger partial charge in [-0.2, -0.15) is 0 Å². The highest BCUT2D eigenvalue weighted by atomic mass is 35.5. The monoisotopic (exact) mass is 165 g/mol. The van der Waals surface area contributed by atoms with E-state index < -0.39 is 0 Å². The second-order valence-electron chi connectivity index (χ2n) is 2.70. The van der Waals surface area contributed by atoms with Crippen LogP contribution in [0.25, 0.3) is 0 Å². The summed E-state index contributed by atoms with van der Waals surface area (Å²) in [6.07, 6.45) is 6.54. The Balaban J connectivity index is 0.000000810. The maximum atomic E-state index is 8.51. The number of nitrogens with one attached hydrogen (secondary N) is 1. The van der Waals surface area contributed by atoms with Crippen LogP contribution in [0.5, 0.6) is 0 Å². The van der Waals surface area contributed by atoms with Crippen LogP contribution in [-0.2, 0) is 0 Å². The van der Waals surface area contributed by atoms with Crippen molar-refractivity contribution in [2.45, 2.75) is 38.1 Å². The minimum atomic E-state index is 0. The molecule has 10 heavy (non-hydrogen) atoms. The van der Waals surface area contributed by atoms with Crippen LogP contribution in [0.4, 0.5) is 0 Å². The lowest BCUT2D eigenvalue weighted by Gasteiger charge is -2.21. The predicted octanol–water partition coefficient (Wildman–Crippen LogP) is 1.28. The lowest BCUT2D eigenvalue weighted by molar-refractivity contribution is 0.222. The molecule has 0 spiro atoms. The summed E-state index contributed by atoms with van der Waals surface area (Å²) in [7, 11) is 0. The maximum Gasteiger partial charge on any atom is 0.0933 e. The van der Waals surface area contributed by atoms with E-state index in [2.05, 4.69) is 5.32 Å². The average molecular weight is 166 g/mol. The highest BCUT2D eigenvalue weighted by Crippen LogP contribution is 2.16. The lowest BCUT2D eigenvalue weighted by atomic mass is 9.96. The third-order valence-electron chi connectivity index (χ3n) is 1.99. The van der Waals surface area contributed by atoms with E-state index in [9.17, 15) is 0 Å². The summed E-state index contributed by atoms with van der Waals surface area (Å²) >= 11 is 0. The SMILES string of the molecule is Cl.OCNC1CCCCC1. The molecule has 1 fully saturated rings. The minimum absolute atomic E-state index is 0. The fourth-order valence-electron chi connectivity index (χ4n) is 1.44. The molecule has 1 aliphatic rings. The van der Waals surface area contributed by atoms with Crippen molar-refractivity contribution in [3.63, 3.8) is 0 Å². The lowest BCUT2D eigenvalue weighted by Crippen LogP contribution is -2.31. The van der Waals surface area contributed by atoms with E-state index >= 15 is 0 Å². The van der Waals surface area contributed by atoms with Gasteiger partial charge in [-0.1, -0.05) is 19.3 Å². The van der Waals surface area contributed by atoms with Crippen LogP contribution in [0, 0.1) is 0 Å². The molecule has 62 valence electrons. The summed E-state index contributed by atoms with van der Waals surface area (Å²) in [5.41, 5.74) is 0.